The van der Waals surface area contributed by atoms with E-state index in [0.717, 1.165) is 20.5 Å². The fourth-order valence-corrected chi connectivity index (χ4v) is 3.77. The Hall–Kier alpha value is -0.840. The number of hydrogen-bond donors (Lipinski definition) is 1. The molecule has 1 unspecified atom stereocenters. The highest BCUT2D eigenvalue weighted by Gasteiger charge is 2.20. The molecule has 2 nitrogen and oxygen atoms in total. The standard InChI is InChI=1S/C14H15BrO2S/c1-8-4-5-12(17-3)10(6-8)13(16)14-11(15)7-9(2)18-14/h4-7,13,16H,1-3H3. The van der Waals surface area contributed by atoms with Gasteiger partial charge >= 0.3 is 0 Å². The highest BCUT2D eigenvalue weighted by Crippen LogP contribution is 2.38. The Labute approximate surface area is 119 Å². The van der Waals surface area contributed by atoms with Gasteiger partial charge in [-0.1, -0.05) is 11.6 Å². The number of aryl methyl sites for hydroxylation is 2. The zero-order valence-corrected chi connectivity index (χ0v) is 12.9. The lowest BCUT2D eigenvalue weighted by Gasteiger charge is -2.15. The van der Waals surface area contributed by atoms with E-state index in [2.05, 4.69) is 15.9 Å². The van der Waals surface area contributed by atoms with Crippen LogP contribution in [0.3, 0.4) is 0 Å². The fourth-order valence-electron chi connectivity index (χ4n) is 1.90. The first-order valence-corrected chi connectivity index (χ1v) is 7.22. The van der Waals surface area contributed by atoms with Gasteiger partial charge in [0.25, 0.3) is 0 Å². The molecular weight excluding hydrogens is 312 g/mol. The number of rotatable bonds is 3. The molecule has 0 saturated carbocycles. The molecule has 2 aromatic rings. The monoisotopic (exact) mass is 326 g/mol. The lowest BCUT2D eigenvalue weighted by atomic mass is 10.0. The SMILES string of the molecule is COc1ccc(C)cc1C(O)c1sc(C)cc1Br. The minimum atomic E-state index is -0.659. The molecule has 1 heterocycles. The van der Waals surface area contributed by atoms with Crippen LogP contribution in [0.25, 0.3) is 0 Å². The molecule has 0 fully saturated rings. The molecule has 1 aromatic carbocycles. The number of aliphatic hydroxyl groups excluding tert-OH is 1. The first-order valence-electron chi connectivity index (χ1n) is 5.61. The summed E-state index contributed by atoms with van der Waals surface area (Å²) in [7, 11) is 1.62. The highest BCUT2D eigenvalue weighted by atomic mass is 79.9. The van der Waals surface area contributed by atoms with Crippen molar-refractivity contribution in [2.75, 3.05) is 7.11 Å². The van der Waals surface area contributed by atoms with Gasteiger partial charge in [0.15, 0.2) is 0 Å². The first kappa shape index (κ1) is 13.6. The molecule has 0 aliphatic rings. The molecule has 0 saturated heterocycles. The Bertz CT molecular complexity index is 563. The summed E-state index contributed by atoms with van der Waals surface area (Å²) < 4.78 is 6.26. The van der Waals surface area contributed by atoms with Gasteiger partial charge < -0.3 is 9.84 Å². The van der Waals surface area contributed by atoms with Crippen LogP contribution in [-0.4, -0.2) is 12.2 Å². The smallest absolute Gasteiger partial charge is 0.125 e. The molecule has 96 valence electrons. The molecule has 0 aliphatic carbocycles. The molecule has 1 aromatic heterocycles. The summed E-state index contributed by atoms with van der Waals surface area (Å²) in [6.45, 7) is 4.03. The molecule has 0 radical (unpaired) electrons. The van der Waals surface area contributed by atoms with E-state index in [1.54, 1.807) is 18.4 Å². The summed E-state index contributed by atoms with van der Waals surface area (Å²) in [6, 6.07) is 7.85. The lowest BCUT2D eigenvalue weighted by Crippen LogP contribution is -2.01. The van der Waals surface area contributed by atoms with Gasteiger partial charge in [-0.15, -0.1) is 11.3 Å². The van der Waals surface area contributed by atoms with Crippen molar-refractivity contribution in [3.05, 3.63) is 49.6 Å². The van der Waals surface area contributed by atoms with Crippen LogP contribution in [0.15, 0.2) is 28.7 Å². The Morgan fingerprint density at radius 3 is 2.56 bits per heavy atom. The van der Waals surface area contributed by atoms with Crippen LogP contribution in [0.2, 0.25) is 0 Å². The van der Waals surface area contributed by atoms with E-state index >= 15 is 0 Å². The van der Waals surface area contributed by atoms with Crippen LogP contribution in [0.4, 0.5) is 0 Å². The highest BCUT2D eigenvalue weighted by molar-refractivity contribution is 9.10. The zero-order valence-electron chi connectivity index (χ0n) is 10.5. The predicted molar refractivity (Wildman–Crippen MR) is 78.5 cm³/mol. The van der Waals surface area contributed by atoms with Crippen molar-refractivity contribution >= 4 is 27.3 Å². The molecule has 0 bridgehead atoms. The fraction of sp³-hybridized carbons (Fsp3) is 0.286. The number of benzene rings is 1. The van der Waals surface area contributed by atoms with Gasteiger partial charge in [-0.25, -0.2) is 0 Å². The molecule has 0 amide bonds. The van der Waals surface area contributed by atoms with Gasteiger partial charge in [0.2, 0.25) is 0 Å². The zero-order chi connectivity index (χ0) is 13.3. The van der Waals surface area contributed by atoms with Gasteiger partial charge in [0, 0.05) is 14.9 Å². The average Bonchev–Trinajstić information content (AvgIpc) is 2.67. The van der Waals surface area contributed by atoms with Gasteiger partial charge in [0.05, 0.1) is 12.0 Å². The van der Waals surface area contributed by atoms with Crippen molar-refractivity contribution in [2.24, 2.45) is 0 Å². The van der Waals surface area contributed by atoms with Crippen molar-refractivity contribution in [1.29, 1.82) is 0 Å². The molecular formula is C14H15BrO2S. The number of methoxy groups -OCH3 is 1. The van der Waals surface area contributed by atoms with Crippen LogP contribution in [0.5, 0.6) is 5.75 Å². The van der Waals surface area contributed by atoms with Crippen LogP contribution in [0, 0.1) is 13.8 Å². The molecule has 2 rings (SSSR count). The molecule has 18 heavy (non-hydrogen) atoms. The maximum Gasteiger partial charge on any atom is 0.125 e. The number of halogens is 1. The Morgan fingerprint density at radius 2 is 2.00 bits per heavy atom. The quantitative estimate of drug-likeness (QED) is 0.915. The Morgan fingerprint density at radius 1 is 1.28 bits per heavy atom. The molecule has 0 aliphatic heterocycles. The predicted octanol–water partition coefficient (Wildman–Crippen LogP) is 4.22. The van der Waals surface area contributed by atoms with E-state index in [-0.39, 0.29) is 0 Å². The summed E-state index contributed by atoms with van der Waals surface area (Å²) in [5.74, 6) is 0.714. The van der Waals surface area contributed by atoms with Crippen LogP contribution >= 0.6 is 27.3 Å². The maximum absolute atomic E-state index is 10.5. The second-order valence-electron chi connectivity index (χ2n) is 4.22. The first-order chi connectivity index (χ1) is 8.52. The number of hydrogen-bond acceptors (Lipinski definition) is 3. The van der Waals surface area contributed by atoms with Gasteiger partial charge in [-0.2, -0.15) is 0 Å². The summed E-state index contributed by atoms with van der Waals surface area (Å²) in [6.07, 6.45) is -0.659. The summed E-state index contributed by atoms with van der Waals surface area (Å²) >= 11 is 5.08. The van der Waals surface area contributed by atoms with E-state index in [1.807, 2.05) is 38.1 Å². The normalized spacial score (nSPS) is 12.5. The van der Waals surface area contributed by atoms with E-state index in [0.29, 0.717) is 5.75 Å². The van der Waals surface area contributed by atoms with Gasteiger partial charge in [-0.3, -0.25) is 0 Å². The van der Waals surface area contributed by atoms with Crippen molar-refractivity contribution < 1.29 is 9.84 Å². The average molecular weight is 327 g/mol. The Balaban J connectivity index is 2.48. The third-order valence-corrected chi connectivity index (χ3v) is 4.79. The molecule has 1 N–H and O–H groups in total. The van der Waals surface area contributed by atoms with E-state index in [9.17, 15) is 5.11 Å². The summed E-state index contributed by atoms with van der Waals surface area (Å²) in [5.41, 5.74) is 1.91. The van der Waals surface area contributed by atoms with Crippen LogP contribution in [0.1, 0.15) is 27.0 Å². The topological polar surface area (TPSA) is 29.5 Å². The largest absolute Gasteiger partial charge is 0.496 e. The number of ether oxygens (including phenoxy) is 1. The second kappa shape index (κ2) is 5.43. The lowest BCUT2D eigenvalue weighted by molar-refractivity contribution is 0.217. The van der Waals surface area contributed by atoms with Crippen LogP contribution < -0.4 is 4.74 Å². The van der Waals surface area contributed by atoms with Gasteiger partial charge in [-0.05, 0) is 48.0 Å². The summed E-state index contributed by atoms with van der Waals surface area (Å²) in [4.78, 5) is 2.08. The summed E-state index contributed by atoms with van der Waals surface area (Å²) in [5, 5.41) is 10.5. The molecule has 4 heteroatoms. The van der Waals surface area contributed by atoms with Gasteiger partial charge in [0.1, 0.15) is 11.9 Å². The van der Waals surface area contributed by atoms with Crippen LogP contribution in [-0.2, 0) is 0 Å². The van der Waals surface area contributed by atoms with E-state index in [1.165, 1.54) is 4.88 Å². The van der Waals surface area contributed by atoms with Crippen molar-refractivity contribution in [3.8, 4) is 5.75 Å². The minimum Gasteiger partial charge on any atom is -0.496 e. The second-order valence-corrected chi connectivity index (χ2v) is 6.36. The third kappa shape index (κ3) is 2.60. The third-order valence-electron chi connectivity index (χ3n) is 2.76. The Kier molecular flexibility index (Phi) is 4.10. The minimum absolute atomic E-state index is 0.659. The van der Waals surface area contributed by atoms with Crippen molar-refractivity contribution in [1.82, 2.24) is 0 Å². The molecule has 0 spiro atoms. The molecule has 1 atom stereocenters. The van der Waals surface area contributed by atoms with Crippen molar-refractivity contribution in [2.45, 2.75) is 20.0 Å². The number of aliphatic hydroxyl groups is 1. The van der Waals surface area contributed by atoms with E-state index in [4.69, 9.17) is 4.74 Å². The number of thiophene rings is 1. The maximum atomic E-state index is 10.5. The van der Waals surface area contributed by atoms with E-state index < -0.39 is 6.10 Å². The van der Waals surface area contributed by atoms with Crippen molar-refractivity contribution in [3.63, 3.8) is 0 Å².